The van der Waals surface area contributed by atoms with Gasteiger partial charge in [0.25, 0.3) is 11.6 Å². The van der Waals surface area contributed by atoms with Gasteiger partial charge in [0.1, 0.15) is 6.04 Å². The zero-order valence-corrected chi connectivity index (χ0v) is 16.6. The van der Waals surface area contributed by atoms with E-state index in [9.17, 15) is 19.7 Å². The number of amides is 2. The summed E-state index contributed by atoms with van der Waals surface area (Å²) in [5.74, 6) is -0.157. The van der Waals surface area contributed by atoms with Gasteiger partial charge in [0.15, 0.2) is 0 Å². The number of carbonyl (C=O) groups excluding carboxylic acids is 2. The number of nitro groups is 1. The lowest BCUT2D eigenvalue weighted by atomic mass is 10.1. The van der Waals surface area contributed by atoms with Crippen molar-refractivity contribution < 1.29 is 14.5 Å². The van der Waals surface area contributed by atoms with E-state index in [4.69, 9.17) is 0 Å². The number of thioether (sulfide) groups is 1. The Morgan fingerprint density at radius 1 is 1.18 bits per heavy atom. The predicted octanol–water partition coefficient (Wildman–Crippen LogP) is 3.65. The molecule has 0 saturated carbocycles. The molecule has 0 unspecified atom stereocenters. The molecule has 2 N–H and O–H groups in total. The summed E-state index contributed by atoms with van der Waals surface area (Å²) >= 11 is 1.57. The molecule has 2 rings (SSSR count). The molecular formula is C20H23N3O4S. The second kappa shape index (κ2) is 10.5. The van der Waals surface area contributed by atoms with Gasteiger partial charge in [-0.15, -0.1) is 0 Å². The van der Waals surface area contributed by atoms with Gasteiger partial charge < -0.3 is 10.6 Å². The number of aryl methyl sites for hydroxylation is 1. The van der Waals surface area contributed by atoms with Crippen molar-refractivity contribution in [2.45, 2.75) is 25.8 Å². The molecule has 0 fully saturated rings. The Balaban J connectivity index is 2.13. The SMILES string of the molecule is CCc1cccc(NC(=O)[C@H](CCSC)NC(=O)c2cccc([N+](=O)[O-])c2)c1. The number of nitro benzene ring substituents is 1. The van der Waals surface area contributed by atoms with E-state index < -0.39 is 16.9 Å². The molecule has 8 heteroatoms. The zero-order chi connectivity index (χ0) is 20.5. The highest BCUT2D eigenvalue weighted by molar-refractivity contribution is 7.98. The third-order valence-corrected chi connectivity index (χ3v) is 4.80. The Morgan fingerprint density at radius 3 is 2.61 bits per heavy atom. The van der Waals surface area contributed by atoms with Crippen LogP contribution in [-0.4, -0.2) is 34.8 Å². The molecule has 0 bridgehead atoms. The summed E-state index contributed by atoms with van der Waals surface area (Å²) in [6, 6.07) is 12.2. The fourth-order valence-electron chi connectivity index (χ4n) is 2.61. The first-order valence-electron chi connectivity index (χ1n) is 8.88. The molecular weight excluding hydrogens is 378 g/mol. The van der Waals surface area contributed by atoms with E-state index in [1.54, 1.807) is 17.8 Å². The third-order valence-electron chi connectivity index (χ3n) is 4.15. The van der Waals surface area contributed by atoms with Crippen LogP contribution in [0.2, 0.25) is 0 Å². The maximum absolute atomic E-state index is 12.7. The molecule has 2 aromatic rings. The first-order chi connectivity index (χ1) is 13.4. The molecule has 0 saturated heterocycles. The van der Waals surface area contributed by atoms with Crippen LogP contribution in [0.5, 0.6) is 0 Å². The molecule has 2 amide bonds. The van der Waals surface area contributed by atoms with Gasteiger partial charge in [-0.3, -0.25) is 19.7 Å². The smallest absolute Gasteiger partial charge is 0.270 e. The van der Waals surface area contributed by atoms with Crippen molar-refractivity contribution in [3.05, 3.63) is 69.8 Å². The van der Waals surface area contributed by atoms with Crippen molar-refractivity contribution in [1.82, 2.24) is 5.32 Å². The molecule has 0 aromatic heterocycles. The van der Waals surface area contributed by atoms with Crippen molar-refractivity contribution in [3.63, 3.8) is 0 Å². The second-order valence-electron chi connectivity index (χ2n) is 6.16. The van der Waals surface area contributed by atoms with Crippen molar-refractivity contribution in [1.29, 1.82) is 0 Å². The third kappa shape index (κ3) is 6.09. The summed E-state index contributed by atoms with van der Waals surface area (Å²) < 4.78 is 0. The monoisotopic (exact) mass is 401 g/mol. The lowest BCUT2D eigenvalue weighted by Gasteiger charge is -2.18. The number of benzene rings is 2. The van der Waals surface area contributed by atoms with Gasteiger partial charge in [-0.05, 0) is 48.6 Å². The van der Waals surface area contributed by atoms with Crippen molar-refractivity contribution in [2.75, 3.05) is 17.3 Å². The number of carbonyl (C=O) groups is 2. The molecule has 0 aliphatic carbocycles. The number of rotatable bonds is 9. The summed E-state index contributed by atoms with van der Waals surface area (Å²) in [7, 11) is 0. The summed E-state index contributed by atoms with van der Waals surface area (Å²) in [5, 5.41) is 16.4. The Hall–Kier alpha value is -2.87. The molecule has 7 nitrogen and oxygen atoms in total. The Labute approximate surface area is 168 Å². The second-order valence-corrected chi connectivity index (χ2v) is 7.14. The summed E-state index contributed by atoms with van der Waals surface area (Å²) in [5.41, 5.74) is 1.74. The molecule has 0 aliphatic heterocycles. The van der Waals surface area contributed by atoms with Crippen LogP contribution in [0.4, 0.5) is 11.4 Å². The number of anilines is 1. The predicted molar refractivity (Wildman–Crippen MR) is 112 cm³/mol. The van der Waals surface area contributed by atoms with Crippen molar-refractivity contribution in [3.8, 4) is 0 Å². The van der Waals surface area contributed by atoms with E-state index in [1.165, 1.54) is 24.3 Å². The fraction of sp³-hybridized carbons (Fsp3) is 0.300. The van der Waals surface area contributed by atoms with Gasteiger partial charge in [-0.1, -0.05) is 25.1 Å². The summed E-state index contributed by atoms with van der Waals surface area (Å²) in [4.78, 5) is 35.6. The van der Waals surface area contributed by atoms with Gasteiger partial charge in [-0.25, -0.2) is 0 Å². The number of nitrogens with zero attached hydrogens (tertiary/aromatic N) is 1. The maximum atomic E-state index is 12.7. The summed E-state index contributed by atoms with van der Waals surface area (Å²) in [6.45, 7) is 2.03. The Morgan fingerprint density at radius 2 is 1.93 bits per heavy atom. The Bertz CT molecular complexity index is 857. The highest BCUT2D eigenvalue weighted by atomic mass is 32.2. The van der Waals surface area contributed by atoms with Crippen LogP contribution in [0.1, 0.15) is 29.3 Å². The molecule has 0 aliphatic rings. The largest absolute Gasteiger partial charge is 0.340 e. The highest BCUT2D eigenvalue weighted by Crippen LogP contribution is 2.15. The Kier molecular flexibility index (Phi) is 8.01. The molecule has 0 spiro atoms. The number of non-ortho nitro benzene ring substituents is 1. The highest BCUT2D eigenvalue weighted by Gasteiger charge is 2.22. The summed E-state index contributed by atoms with van der Waals surface area (Å²) in [6.07, 6.45) is 3.21. The minimum absolute atomic E-state index is 0.143. The topological polar surface area (TPSA) is 101 Å². The van der Waals surface area contributed by atoms with Crippen LogP contribution in [0.15, 0.2) is 48.5 Å². The molecule has 0 heterocycles. The van der Waals surface area contributed by atoms with Crippen LogP contribution in [-0.2, 0) is 11.2 Å². The minimum Gasteiger partial charge on any atom is -0.340 e. The van der Waals surface area contributed by atoms with E-state index >= 15 is 0 Å². The van der Waals surface area contributed by atoms with Crippen molar-refractivity contribution >= 4 is 35.0 Å². The van der Waals surface area contributed by atoms with Crippen molar-refractivity contribution in [2.24, 2.45) is 0 Å². The average Bonchev–Trinajstić information content (AvgIpc) is 2.71. The van der Waals surface area contributed by atoms with E-state index in [2.05, 4.69) is 10.6 Å². The quantitative estimate of drug-likeness (QED) is 0.493. The zero-order valence-electron chi connectivity index (χ0n) is 15.8. The number of hydrogen-bond acceptors (Lipinski definition) is 5. The minimum atomic E-state index is -0.746. The van der Waals surface area contributed by atoms with Gasteiger partial charge >= 0.3 is 0 Å². The van der Waals surface area contributed by atoms with Crippen LogP contribution in [0.25, 0.3) is 0 Å². The van der Waals surface area contributed by atoms with Gasteiger partial charge in [-0.2, -0.15) is 11.8 Å². The average molecular weight is 401 g/mol. The molecule has 2 aromatic carbocycles. The first-order valence-corrected chi connectivity index (χ1v) is 10.3. The van der Waals surface area contributed by atoms with E-state index in [-0.39, 0.29) is 17.2 Å². The van der Waals surface area contributed by atoms with Crippen LogP contribution < -0.4 is 10.6 Å². The van der Waals surface area contributed by atoms with Gasteiger partial charge in [0.05, 0.1) is 4.92 Å². The van der Waals surface area contributed by atoms with E-state index in [0.717, 1.165) is 12.0 Å². The normalized spacial score (nSPS) is 11.5. The van der Waals surface area contributed by atoms with E-state index in [0.29, 0.717) is 17.9 Å². The maximum Gasteiger partial charge on any atom is 0.270 e. The van der Waals surface area contributed by atoms with Gasteiger partial charge in [0.2, 0.25) is 5.91 Å². The number of nitrogens with one attached hydrogen (secondary N) is 2. The molecule has 1 atom stereocenters. The standard InChI is InChI=1S/C20H23N3O4S/c1-3-14-6-4-8-16(12-14)21-20(25)18(10-11-28-2)22-19(24)15-7-5-9-17(13-15)23(26)27/h4-9,12-13,18H,3,10-11H2,1-2H3,(H,21,25)(H,22,24)/t18-/m0/s1. The first kappa shape index (κ1) is 21.4. The molecule has 0 radical (unpaired) electrons. The lowest BCUT2D eigenvalue weighted by molar-refractivity contribution is -0.384. The molecule has 148 valence electrons. The molecule has 28 heavy (non-hydrogen) atoms. The lowest BCUT2D eigenvalue weighted by Crippen LogP contribution is -2.44. The van der Waals surface area contributed by atoms with Crippen LogP contribution in [0.3, 0.4) is 0 Å². The van der Waals surface area contributed by atoms with Gasteiger partial charge in [0, 0.05) is 23.4 Å². The number of hydrogen-bond donors (Lipinski definition) is 2. The van der Waals surface area contributed by atoms with Crippen LogP contribution >= 0.6 is 11.8 Å². The fourth-order valence-corrected chi connectivity index (χ4v) is 3.08. The van der Waals surface area contributed by atoms with Crippen LogP contribution in [0, 0.1) is 10.1 Å². The van der Waals surface area contributed by atoms with E-state index in [1.807, 2.05) is 31.4 Å².